The van der Waals surface area contributed by atoms with Crippen molar-refractivity contribution >= 4 is 17.5 Å². The predicted molar refractivity (Wildman–Crippen MR) is 74.2 cm³/mol. The molecule has 0 radical (unpaired) electrons. The highest BCUT2D eigenvalue weighted by molar-refractivity contribution is 6.28. The van der Waals surface area contributed by atoms with Gasteiger partial charge in [-0.15, -0.1) is 0 Å². The number of allylic oxidation sites excluding steroid dienone is 4. The lowest BCUT2D eigenvalue weighted by molar-refractivity contribution is 0.0600. The van der Waals surface area contributed by atoms with Gasteiger partial charge in [0.05, 0.1) is 12.7 Å². The summed E-state index contributed by atoms with van der Waals surface area (Å²) < 4.78 is 4.67. The number of benzene rings is 1. The summed E-state index contributed by atoms with van der Waals surface area (Å²) in [6.45, 7) is 0. The van der Waals surface area contributed by atoms with E-state index in [2.05, 4.69) is 4.74 Å². The smallest absolute Gasteiger partial charge is 0.337 e. The Labute approximate surface area is 121 Å². The fourth-order valence-corrected chi connectivity index (χ4v) is 3.57. The summed E-state index contributed by atoms with van der Waals surface area (Å²) in [5, 5.41) is 0. The summed E-state index contributed by atoms with van der Waals surface area (Å²) in [4.78, 5) is 36.9. The molecule has 1 aromatic carbocycles. The lowest BCUT2D eigenvalue weighted by atomic mass is 9.79. The van der Waals surface area contributed by atoms with Gasteiger partial charge in [-0.1, -0.05) is 12.2 Å². The molecule has 104 valence electrons. The number of Topliss-reactive ketones (excluding diaryl/α,β-unsaturated/α-hetero) is 2. The normalized spacial score (nSPS) is 25.2. The number of methoxy groups -OCH3 is 1. The molecule has 0 N–H and O–H groups in total. The number of hydrogen-bond acceptors (Lipinski definition) is 4. The summed E-state index contributed by atoms with van der Waals surface area (Å²) >= 11 is 0. The molecule has 0 aromatic heterocycles. The molecule has 4 nitrogen and oxygen atoms in total. The Morgan fingerprint density at radius 2 is 1.67 bits per heavy atom. The van der Waals surface area contributed by atoms with Gasteiger partial charge in [0, 0.05) is 34.1 Å². The third-order valence-corrected chi connectivity index (χ3v) is 4.53. The van der Waals surface area contributed by atoms with Gasteiger partial charge in [-0.05, 0) is 24.6 Å². The molecule has 0 heterocycles. The first kappa shape index (κ1) is 12.3. The van der Waals surface area contributed by atoms with E-state index < -0.39 is 5.97 Å². The second-order valence-corrected chi connectivity index (χ2v) is 5.57. The predicted octanol–water partition coefficient (Wildman–Crippen LogP) is 2.35. The maximum Gasteiger partial charge on any atom is 0.337 e. The van der Waals surface area contributed by atoms with Crippen molar-refractivity contribution in [3.63, 3.8) is 0 Å². The van der Waals surface area contributed by atoms with Gasteiger partial charge >= 0.3 is 5.97 Å². The van der Waals surface area contributed by atoms with Crippen LogP contribution in [0.25, 0.3) is 0 Å². The Kier molecular flexibility index (Phi) is 2.34. The van der Waals surface area contributed by atoms with E-state index in [9.17, 15) is 14.4 Å². The molecule has 0 saturated heterocycles. The van der Waals surface area contributed by atoms with Crippen LogP contribution < -0.4 is 0 Å². The lowest BCUT2D eigenvalue weighted by Gasteiger charge is -2.22. The number of carbonyl (C=O) groups excluding carboxylic acids is 3. The Bertz CT molecular complexity index is 782. The topological polar surface area (TPSA) is 60.4 Å². The van der Waals surface area contributed by atoms with Crippen LogP contribution in [0.15, 0.2) is 41.5 Å². The van der Waals surface area contributed by atoms with E-state index in [0.29, 0.717) is 27.8 Å². The second kappa shape index (κ2) is 4.01. The van der Waals surface area contributed by atoms with Crippen molar-refractivity contribution in [1.29, 1.82) is 0 Å². The molecule has 2 atom stereocenters. The van der Waals surface area contributed by atoms with Crippen LogP contribution >= 0.6 is 0 Å². The highest BCUT2D eigenvalue weighted by Gasteiger charge is 2.45. The van der Waals surface area contributed by atoms with Crippen LogP contribution in [0.3, 0.4) is 0 Å². The number of esters is 1. The van der Waals surface area contributed by atoms with Gasteiger partial charge in [0.1, 0.15) is 0 Å². The van der Waals surface area contributed by atoms with Gasteiger partial charge in [-0.25, -0.2) is 4.79 Å². The number of hydrogen-bond donors (Lipinski definition) is 0. The lowest BCUT2D eigenvalue weighted by Crippen LogP contribution is -2.24. The second-order valence-electron chi connectivity index (χ2n) is 5.57. The Balaban J connectivity index is 1.87. The van der Waals surface area contributed by atoms with Gasteiger partial charge in [-0.3, -0.25) is 9.59 Å². The van der Waals surface area contributed by atoms with Gasteiger partial charge in [0.25, 0.3) is 0 Å². The maximum atomic E-state index is 12.7. The van der Waals surface area contributed by atoms with Crippen LogP contribution in [0.2, 0.25) is 0 Å². The first-order valence-electron chi connectivity index (χ1n) is 6.86. The SMILES string of the molecule is COC(=O)c1ccc2c(c1)C(=O)C1=C(C2=O)C2C=CC1C2. The van der Waals surface area contributed by atoms with Crippen molar-refractivity contribution < 1.29 is 19.1 Å². The molecule has 0 amide bonds. The molecule has 2 unspecified atom stereocenters. The maximum absolute atomic E-state index is 12.7. The minimum atomic E-state index is -0.509. The zero-order valence-corrected chi connectivity index (χ0v) is 11.4. The fraction of sp³-hybridized carbons (Fsp3) is 0.235. The largest absolute Gasteiger partial charge is 0.465 e. The highest BCUT2D eigenvalue weighted by atomic mass is 16.5. The Hall–Kier alpha value is -2.49. The molecule has 4 rings (SSSR count). The monoisotopic (exact) mass is 280 g/mol. The quantitative estimate of drug-likeness (QED) is 0.585. The van der Waals surface area contributed by atoms with E-state index in [4.69, 9.17) is 0 Å². The summed E-state index contributed by atoms with van der Waals surface area (Å²) in [5.41, 5.74) is 2.29. The average molecular weight is 280 g/mol. The van der Waals surface area contributed by atoms with E-state index >= 15 is 0 Å². The third kappa shape index (κ3) is 1.47. The fourth-order valence-electron chi connectivity index (χ4n) is 3.57. The molecule has 0 saturated carbocycles. The van der Waals surface area contributed by atoms with Crippen molar-refractivity contribution in [1.82, 2.24) is 0 Å². The molecule has 2 bridgehead atoms. The first-order valence-corrected chi connectivity index (χ1v) is 6.86. The van der Waals surface area contributed by atoms with Crippen LogP contribution in [0.4, 0.5) is 0 Å². The molecular formula is C17H12O4. The van der Waals surface area contributed by atoms with Crippen molar-refractivity contribution in [2.24, 2.45) is 11.8 Å². The minimum absolute atomic E-state index is 0.0522. The van der Waals surface area contributed by atoms with Crippen LogP contribution in [0, 0.1) is 11.8 Å². The average Bonchev–Trinajstić information content (AvgIpc) is 3.12. The van der Waals surface area contributed by atoms with Crippen LogP contribution in [-0.2, 0) is 4.74 Å². The summed E-state index contributed by atoms with van der Waals surface area (Å²) in [5.74, 6) is -0.577. The van der Waals surface area contributed by atoms with Gasteiger partial charge in [-0.2, -0.15) is 0 Å². The van der Waals surface area contributed by atoms with E-state index in [0.717, 1.165) is 6.42 Å². The number of rotatable bonds is 1. The van der Waals surface area contributed by atoms with Crippen molar-refractivity contribution in [3.8, 4) is 0 Å². The molecule has 21 heavy (non-hydrogen) atoms. The molecule has 0 aliphatic heterocycles. The molecule has 4 heteroatoms. The van der Waals surface area contributed by atoms with Crippen LogP contribution in [0.5, 0.6) is 0 Å². The van der Waals surface area contributed by atoms with E-state index in [1.54, 1.807) is 6.07 Å². The Morgan fingerprint density at radius 1 is 1.05 bits per heavy atom. The molecule has 1 aromatic rings. The minimum Gasteiger partial charge on any atom is -0.465 e. The van der Waals surface area contributed by atoms with Crippen molar-refractivity contribution in [2.75, 3.05) is 7.11 Å². The third-order valence-electron chi connectivity index (χ3n) is 4.53. The summed E-state index contributed by atoms with van der Waals surface area (Å²) in [6.07, 6.45) is 4.84. The van der Waals surface area contributed by atoms with E-state index in [1.807, 2.05) is 12.2 Å². The van der Waals surface area contributed by atoms with E-state index in [-0.39, 0.29) is 23.4 Å². The number of carbonyl (C=O) groups is 3. The Morgan fingerprint density at radius 3 is 2.29 bits per heavy atom. The van der Waals surface area contributed by atoms with Gasteiger partial charge in [0.15, 0.2) is 11.6 Å². The molecule has 3 aliphatic carbocycles. The number of ether oxygens (including phenoxy) is 1. The van der Waals surface area contributed by atoms with Crippen molar-refractivity contribution in [2.45, 2.75) is 6.42 Å². The van der Waals surface area contributed by atoms with Gasteiger partial charge < -0.3 is 4.74 Å². The molecular weight excluding hydrogens is 268 g/mol. The number of ketones is 2. The number of fused-ring (bicyclic) bond motifs is 5. The zero-order chi connectivity index (χ0) is 14.7. The molecule has 0 spiro atoms. The molecule has 0 fully saturated rings. The summed E-state index contributed by atoms with van der Waals surface area (Å²) in [7, 11) is 1.29. The van der Waals surface area contributed by atoms with E-state index in [1.165, 1.54) is 19.2 Å². The highest BCUT2D eigenvalue weighted by Crippen LogP contribution is 2.48. The van der Waals surface area contributed by atoms with Crippen LogP contribution in [0.1, 0.15) is 37.5 Å². The van der Waals surface area contributed by atoms with Crippen LogP contribution in [-0.4, -0.2) is 24.6 Å². The van der Waals surface area contributed by atoms with Gasteiger partial charge in [0.2, 0.25) is 0 Å². The first-order chi connectivity index (χ1) is 10.1. The summed E-state index contributed by atoms with van der Waals surface area (Å²) in [6, 6.07) is 4.56. The standard InChI is InChI=1S/C17H12O4/c1-21-17(20)10-4-5-11-12(7-10)16(19)14-9-3-2-8(6-9)13(14)15(11)18/h2-5,7-9H,6H2,1H3. The van der Waals surface area contributed by atoms with Crippen molar-refractivity contribution in [3.05, 3.63) is 58.2 Å². The zero-order valence-electron chi connectivity index (χ0n) is 11.4. The molecule has 3 aliphatic rings.